The molecule has 1 rings (SSSR count). The molecule has 2 unspecified atom stereocenters. The van der Waals surface area contributed by atoms with Crippen molar-refractivity contribution in [3.8, 4) is 0 Å². The van der Waals surface area contributed by atoms with E-state index in [1.54, 1.807) is 0 Å². The van der Waals surface area contributed by atoms with Crippen molar-refractivity contribution in [1.29, 1.82) is 0 Å². The van der Waals surface area contributed by atoms with Crippen LogP contribution in [0, 0.1) is 5.92 Å². The Balaban J connectivity index is 2.52. The van der Waals surface area contributed by atoms with Gasteiger partial charge in [0.05, 0.1) is 0 Å². The first-order chi connectivity index (χ1) is 5.55. The Labute approximate surface area is 68.8 Å². The highest BCUT2D eigenvalue weighted by atomic mass is 19.4. The third-order valence-corrected chi connectivity index (χ3v) is 2.20. The van der Waals surface area contributed by atoms with Gasteiger partial charge in [-0.05, 0) is 25.3 Å². The Morgan fingerprint density at radius 1 is 1.42 bits per heavy atom. The number of rotatable bonds is 2. The van der Waals surface area contributed by atoms with Crippen molar-refractivity contribution in [3.05, 3.63) is 0 Å². The zero-order chi connectivity index (χ0) is 9.19. The average molecular weight is 183 g/mol. The van der Waals surface area contributed by atoms with Gasteiger partial charge in [0.2, 0.25) is 0 Å². The Morgan fingerprint density at radius 3 is 2.58 bits per heavy atom. The number of hydrogen-bond acceptors (Lipinski definition) is 2. The van der Waals surface area contributed by atoms with Gasteiger partial charge in [0, 0.05) is 6.61 Å². The molecule has 0 bridgehead atoms. The van der Waals surface area contributed by atoms with Crippen LogP contribution in [0.2, 0.25) is 0 Å². The molecule has 72 valence electrons. The fourth-order valence-corrected chi connectivity index (χ4v) is 1.62. The first kappa shape index (κ1) is 9.80. The summed E-state index contributed by atoms with van der Waals surface area (Å²) in [6, 6.07) is -1.41. The number of alkyl halides is 3. The summed E-state index contributed by atoms with van der Waals surface area (Å²) in [5.41, 5.74) is 0. The summed E-state index contributed by atoms with van der Waals surface area (Å²) < 4.78 is 36.6. The Morgan fingerprint density at radius 2 is 2.08 bits per heavy atom. The van der Waals surface area contributed by atoms with Crippen molar-refractivity contribution < 1.29 is 18.3 Å². The van der Waals surface area contributed by atoms with E-state index in [1.165, 1.54) is 0 Å². The summed E-state index contributed by atoms with van der Waals surface area (Å²) >= 11 is 0. The minimum absolute atomic E-state index is 0.168. The Hall–Kier alpha value is -0.290. The topological polar surface area (TPSA) is 32.3 Å². The highest BCUT2D eigenvalue weighted by Gasteiger charge is 2.46. The van der Waals surface area contributed by atoms with Gasteiger partial charge in [0.1, 0.15) is 6.04 Å². The summed E-state index contributed by atoms with van der Waals surface area (Å²) in [6.45, 7) is 0.230. The van der Waals surface area contributed by atoms with Crippen LogP contribution in [-0.2, 0) is 0 Å². The van der Waals surface area contributed by atoms with Crippen LogP contribution in [-0.4, -0.2) is 30.5 Å². The Bertz CT molecular complexity index is 148. The minimum atomic E-state index is -4.17. The van der Waals surface area contributed by atoms with Crippen LogP contribution < -0.4 is 5.32 Å². The van der Waals surface area contributed by atoms with Crippen molar-refractivity contribution in [3.63, 3.8) is 0 Å². The summed E-state index contributed by atoms with van der Waals surface area (Å²) in [6.07, 6.45) is -3.43. The first-order valence-corrected chi connectivity index (χ1v) is 3.96. The maximum Gasteiger partial charge on any atom is 0.404 e. The Kier molecular flexibility index (Phi) is 2.95. The predicted octanol–water partition coefficient (Wildman–Crippen LogP) is 0.909. The average Bonchev–Trinajstić information content (AvgIpc) is 2.34. The van der Waals surface area contributed by atoms with Gasteiger partial charge in [-0.3, -0.25) is 0 Å². The second-order valence-electron chi connectivity index (χ2n) is 3.03. The van der Waals surface area contributed by atoms with Crippen molar-refractivity contribution in [2.24, 2.45) is 5.92 Å². The molecule has 1 aliphatic rings. The molecule has 1 saturated heterocycles. The van der Waals surface area contributed by atoms with E-state index in [-0.39, 0.29) is 13.0 Å². The van der Waals surface area contributed by atoms with Crippen LogP contribution >= 0.6 is 0 Å². The van der Waals surface area contributed by atoms with Gasteiger partial charge in [-0.15, -0.1) is 0 Å². The van der Waals surface area contributed by atoms with Gasteiger partial charge >= 0.3 is 6.18 Å². The number of aliphatic hydroxyl groups excluding tert-OH is 1. The van der Waals surface area contributed by atoms with E-state index in [0.717, 1.165) is 0 Å². The smallest absolute Gasteiger partial charge is 0.396 e. The SMILES string of the molecule is OCCC1CCNC1C(F)(F)F. The van der Waals surface area contributed by atoms with Gasteiger partial charge in [-0.1, -0.05) is 0 Å². The molecule has 0 spiro atoms. The van der Waals surface area contributed by atoms with Crippen molar-refractivity contribution in [1.82, 2.24) is 5.32 Å². The highest BCUT2D eigenvalue weighted by molar-refractivity contribution is 4.88. The van der Waals surface area contributed by atoms with Crippen molar-refractivity contribution in [2.75, 3.05) is 13.2 Å². The molecular weight excluding hydrogens is 171 g/mol. The van der Waals surface area contributed by atoms with E-state index < -0.39 is 18.1 Å². The molecule has 2 atom stereocenters. The summed E-state index contributed by atoms with van der Waals surface area (Å²) in [5.74, 6) is -0.449. The number of nitrogens with one attached hydrogen (secondary N) is 1. The molecule has 0 amide bonds. The fraction of sp³-hybridized carbons (Fsp3) is 1.00. The second-order valence-corrected chi connectivity index (χ2v) is 3.03. The van der Waals surface area contributed by atoms with Crippen LogP contribution in [0.3, 0.4) is 0 Å². The zero-order valence-corrected chi connectivity index (χ0v) is 6.56. The molecule has 2 N–H and O–H groups in total. The lowest BCUT2D eigenvalue weighted by Crippen LogP contribution is -2.41. The molecule has 2 nitrogen and oxygen atoms in total. The molecular formula is C7H12F3NO. The molecule has 12 heavy (non-hydrogen) atoms. The van der Waals surface area contributed by atoms with Crippen LogP contribution in [0.1, 0.15) is 12.8 Å². The third kappa shape index (κ3) is 2.10. The number of halogens is 3. The van der Waals surface area contributed by atoms with Crippen LogP contribution in [0.4, 0.5) is 13.2 Å². The molecule has 1 heterocycles. The van der Waals surface area contributed by atoms with E-state index in [0.29, 0.717) is 13.0 Å². The van der Waals surface area contributed by atoms with Crippen LogP contribution in [0.5, 0.6) is 0 Å². The lowest BCUT2D eigenvalue weighted by Gasteiger charge is -2.21. The van der Waals surface area contributed by atoms with Gasteiger partial charge in [-0.25, -0.2) is 0 Å². The third-order valence-electron chi connectivity index (χ3n) is 2.20. The zero-order valence-electron chi connectivity index (χ0n) is 6.56. The van der Waals surface area contributed by atoms with Crippen molar-refractivity contribution in [2.45, 2.75) is 25.1 Å². The molecule has 0 aromatic heterocycles. The normalized spacial score (nSPS) is 31.0. The quantitative estimate of drug-likeness (QED) is 0.667. The summed E-state index contributed by atoms with van der Waals surface area (Å²) in [7, 11) is 0. The fourth-order valence-electron chi connectivity index (χ4n) is 1.62. The molecule has 0 aromatic carbocycles. The highest BCUT2D eigenvalue weighted by Crippen LogP contribution is 2.32. The monoisotopic (exact) mass is 183 g/mol. The molecule has 0 aliphatic carbocycles. The van der Waals surface area contributed by atoms with E-state index in [2.05, 4.69) is 5.32 Å². The van der Waals surface area contributed by atoms with E-state index >= 15 is 0 Å². The van der Waals surface area contributed by atoms with Gasteiger partial charge in [-0.2, -0.15) is 13.2 Å². The minimum Gasteiger partial charge on any atom is -0.396 e. The number of hydrogen-bond donors (Lipinski definition) is 2. The summed E-state index contributed by atoms with van der Waals surface area (Å²) in [4.78, 5) is 0. The predicted molar refractivity (Wildman–Crippen MR) is 37.7 cm³/mol. The molecule has 1 aliphatic heterocycles. The maximum absolute atomic E-state index is 12.2. The molecule has 5 heteroatoms. The number of aliphatic hydroxyl groups is 1. The molecule has 0 aromatic rings. The standard InChI is InChI=1S/C7H12F3NO/c8-7(9,10)6-5(2-4-12)1-3-11-6/h5-6,11-12H,1-4H2. The van der Waals surface area contributed by atoms with Crippen LogP contribution in [0.25, 0.3) is 0 Å². The molecule has 0 radical (unpaired) electrons. The first-order valence-electron chi connectivity index (χ1n) is 3.96. The lowest BCUT2D eigenvalue weighted by molar-refractivity contribution is -0.161. The lowest BCUT2D eigenvalue weighted by atomic mass is 9.97. The van der Waals surface area contributed by atoms with Gasteiger partial charge in [0.15, 0.2) is 0 Å². The summed E-state index contributed by atoms with van der Waals surface area (Å²) in [5, 5.41) is 10.9. The largest absolute Gasteiger partial charge is 0.404 e. The van der Waals surface area contributed by atoms with E-state index in [4.69, 9.17) is 5.11 Å². The van der Waals surface area contributed by atoms with Gasteiger partial charge in [0.25, 0.3) is 0 Å². The van der Waals surface area contributed by atoms with E-state index in [1.807, 2.05) is 0 Å². The van der Waals surface area contributed by atoms with E-state index in [9.17, 15) is 13.2 Å². The molecule has 0 saturated carbocycles. The van der Waals surface area contributed by atoms with Gasteiger partial charge < -0.3 is 10.4 Å². The van der Waals surface area contributed by atoms with Crippen molar-refractivity contribution >= 4 is 0 Å². The maximum atomic E-state index is 12.2. The second kappa shape index (κ2) is 3.62. The molecule has 1 fully saturated rings. The van der Waals surface area contributed by atoms with Crippen LogP contribution in [0.15, 0.2) is 0 Å².